The maximum absolute atomic E-state index is 11.5. The first-order valence-electron chi connectivity index (χ1n) is 6.78. The first-order chi connectivity index (χ1) is 9.28. The van der Waals surface area contributed by atoms with E-state index in [0.717, 1.165) is 16.7 Å². The van der Waals surface area contributed by atoms with E-state index in [1.807, 2.05) is 32.0 Å². The first-order valence-corrected chi connectivity index (χ1v) is 8.60. The van der Waals surface area contributed by atoms with E-state index in [9.17, 15) is 18.3 Å². The van der Waals surface area contributed by atoms with Gasteiger partial charge in [0.1, 0.15) is 0 Å². The summed E-state index contributed by atoms with van der Waals surface area (Å²) >= 11 is 0. The summed E-state index contributed by atoms with van der Waals surface area (Å²) in [6, 6.07) is 5.97. The monoisotopic (exact) mass is 296 g/mol. The smallest absolute Gasteiger partial charge is 0.307 e. The van der Waals surface area contributed by atoms with Crippen molar-refractivity contribution in [3.8, 4) is 0 Å². The van der Waals surface area contributed by atoms with E-state index in [1.165, 1.54) is 0 Å². The minimum atomic E-state index is -3.05. The maximum atomic E-state index is 11.5. The molecule has 0 amide bonds. The minimum Gasteiger partial charge on any atom is -0.481 e. The van der Waals surface area contributed by atoms with Gasteiger partial charge in [-0.05, 0) is 43.7 Å². The molecular weight excluding hydrogens is 276 g/mol. The van der Waals surface area contributed by atoms with Crippen LogP contribution in [-0.2, 0) is 21.1 Å². The summed E-state index contributed by atoms with van der Waals surface area (Å²) in [4.78, 5) is 11.5. The molecule has 2 rings (SSSR count). The molecule has 0 radical (unpaired) electrons. The third-order valence-electron chi connectivity index (χ3n) is 4.10. The number of carboxylic acid groups (broad SMARTS) is 1. The SMILES string of the molecule is Cc1ccc(C)c(CC(C(=O)O)C2CCS(=O)(=O)C2)c1. The molecular formula is C15H20O4S. The largest absolute Gasteiger partial charge is 0.481 e. The van der Waals surface area contributed by atoms with Crippen molar-refractivity contribution in [1.29, 1.82) is 0 Å². The number of carbonyl (C=O) groups is 1. The van der Waals surface area contributed by atoms with Gasteiger partial charge in [-0.3, -0.25) is 4.79 Å². The highest BCUT2D eigenvalue weighted by Gasteiger charge is 2.37. The number of hydrogen-bond donors (Lipinski definition) is 1. The minimum absolute atomic E-state index is 0.00876. The van der Waals surface area contributed by atoms with Crippen LogP contribution in [0.4, 0.5) is 0 Å². The highest BCUT2D eigenvalue weighted by atomic mass is 32.2. The predicted molar refractivity (Wildman–Crippen MR) is 77.5 cm³/mol. The summed E-state index contributed by atoms with van der Waals surface area (Å²) in [5.74, 6) is -1.65. The molecule has 2 unspecified atom stereocenters. The lowest BCUT2D eigenvalue weighted by Gasteiger charge is -2.19. The molecule has 1 heterocycles. The third-order valence-corrected chi connectivity index (χ3v) is 5.89. The van der Waals surface area contributed by atoms with Crippen molar-refractivity contribution in [2.24, 2.45) is 11.8 Å². The summed E-state index contributed by atoms with van der Waals surface area (Å²) in [7, 11) is -3.05. The number of aryl methyl sites for hydroxylation is 2. The molecule has 1 aliphatic heterocycles. The Kier molecular flexibility index (Phi) is 4.18. The zero-order valence-electron chi connectivity index (χ0n) is 11.8. The molecule has 1 aromatic rings. The van der Waals surface area contributed by atoms with E-state index in [1.54, 1.807) is 0 Å². The van der Waals surface area contributed by atoms with Crippen molar-refractivity contribution in [3.63, 3.8) is 0 Å². The number of benzene rings is 1. The van der Waals surface area contributed by atoms with Crippen LogP contribution in [0.3, 0.4) is 0 Å². The standard InChI is InChI=1S/C15H20O4S/c1-10-3-4-11(2)13(7-10)8-14(15(16)17)12-5-6-20(18,19)9-12/h3-4,7,12,14H,5-6,8-9H2,1-2H3,(H,16,17). The number of hydrogen-bond acceptors (Lipinski definition) is 3. The van der Waals surface area contributed by atoms with Crippen LogP contribution in [0.2, 0.25) is 0 Å². The molecule has 1 N–H and O–H groups in total. The molecule has 20 heavy (non-hydrogen) atoms. The topological polar surface area (TPSA) is 71.4 Å². The van der Waals surface area contributed by atoms with E-state index < -0.39 is 21.7 Å². The van der Waals surface area contributed by atoms with E-state index in [0.29, 0.717) is 12.8 Å². The van der Waals surface area contributed by atoms with E-state index in [-0.39, 0.29) is 17.4 Å². The summed E-state index contributed by atoms with van der Waals surface area (Å²) < 4.78 is 23.1. The lowest BCUT2D eigenvalue weighted by Crippen LogP contribution is -2.27. The van der Waals surface area contributed by atoms with Gasteiger partial charge in [0.05, 0.1) is 17.4 Å². The predicted octanol–water partition coefficient (Wildman–Crippen LogP) is 1.98. The van der Waals surface area contributed by atoms with Crippen LogP contribution in [0, 0.1) is 25.7 Å². The van der Waals surface area contributed by atoms with Gasteiger partial charge in [-0.2, -0.15) is 0 Å². The molecule has 110 valence electrons. The normalized spacial score (nSPS) is 22.6. The van der Waals surface area contributed by atoms with Gasteiger partial charge in [-0.1, -0.05) is 23.8 Å². The van der Waals surface area contributed by atoms with E-state index in [4.69, 9.17) is 0 Å². The fourth-order valence-electron chi connectivity index (χ4n) is 2.85. The molecule has 5 heteroatoms. The number of sulfone groups is 1. The highest BCUT2D eigenvalue weighted by molar-refractivity contribution is 7.91. The van der Waals surface area contributed by atoms with Crippen LogP contribution in [0.15, 0.2) is 18.2 Å². The van der Waals surface area contributed by atoms with Crippen molar-refractivity contribution in [2.45, 2.75) is 26.7 Å². The lowest BCUT2D eigenvalue weighted by molar-refractivity contribution is -0.143. The summed E-state index contributed by atoms with van der Waals surface area (Å²) in [6.07, 6.45) is 0.868. The quantitative estimate of drug-likeness (QED) is 0.922. The lowest BCUT2D eigenvalue weighted by atomic mass is 9.85. The molecule has 0 bridgehead atoms. The molecule has 0 spiro atoms. The molecule has 1 saturated heterocycles. The number of carboxylic acids is 1. The van der Waals surface area contributed by atoms with Gasteiger partial charge in [0, 0.05) is 0 Å². The fourth-order valence-corrected chi connectivity index (χ4v) is 4.73. The van der Waals surface area contributed by atoms with E-state index >= 15 is 0 Å². The average molecular weight is 296 g/mol. The second-order valence-corrected chi connectivity index (χ2v) is 7.97. The Hall–Kier alpha value is -1.36. The van der Waals surface area contributed by atoms with Gasteiger partial charge < -0.3 is 5.11 Å². The summed E-state index contributed by atoms with van der Waals surface area (Å²) in [6.45, 7) is 3.93. The van der Waals surface area contributed by atoms with Gasteiger partial charge in [-0.15, -0.1) is 0 Å². The summed E-state index contributed by atoms with van der Waals surface area (Å²) in [5.41, 5.74) is 3.15. The second kappa shape index (κ2) is 5.56. The van der Waals surface area contributed by atoms with Crippen molar-refractivity contribution >= 4 is 15.8 Å². The Morgan fingerprint density at radius 2 is 2.10 bits per heavy atom. The van der Waals surface area contributed by atoms with Gasteiger partial charge in [0.15, 0.2) is 9.84 Å². The van der Waals surface area contributed by atoms with Crippen LogP contribution in [0.1, 0.15) is 23.1 Å². The summed E-state index contributed by atoms with van der Waals surface area (Å²) in [5, 5.41) is 9.43. The number of rotatable bonds is 4. The molecule has 0 aliphatic carbocycles. The van der Waals surface area contributed by atoms with Gasteiger partial charge in [-0.25, -0.2) is 8.42 Å². The van der Waals surface area contributed by atoms with Gasteiger partial charge in [0.2, 0.25) is 0 Å². The molecule has 4 nitrogen and oxygen atoms in total. The molecule has 2 atom stereocenters. The van der Waals surface area contributed by atoms with Crippen molar-refractivity contribution < 1.29 is 18.3 Å². The zero-order valence-corrected chi connectivity index (χ0v) is 12.6. The Morgan fingerprint density at radius 1 is 1.40 bits per heavy atom. The maximum Gasteiger partial charge on any atom is 0.307 e. The van der Waals surface area contributed by atoms with Crippen LogP contribution < -0.4 is 0 Å². The van der Waals surface area contributed by atoms with Crippen molar-refractivity contribution in [3.05, 3.63) is 34.9 Å². The average Bonchev–Trinajstić information content (AvgIpc) is 2.70. The molecule has 0 aromatic heterocycles. The Morgan fingerprint density at radius 3 is 2.65 bits per heavy atom. The van der Waals surface area contributed by atoms with E-state index in [2.05, 4.69) is 0 Å². The van der Waals surface area contributed by atoms with Crippen molar-refractivity contribution in [2.75, 3.05) is 11.5 Å². The van der Waals surface area contributed by atoms with Crippen LogP contribution in [0.25, 0.3) is 0 Å². The highest BCUT2D eigenvalue weighted by Crippen LogP contribution is 2.29. The van der Waals surface area contributed by atoms with Crippen molar-refractivity contribution in [1.82, 2.24) is 0 Å². The Bertz CT molecular complexity index is 619. The molecule has 1 fully saturated rings. The first kappa shape index (κ1) is 15.0. The molecule has 0 saturated carbocycles. The Balaban J connectivity index is 2.22. The Labute approximate surface area is 119 Å². The molecule has 1 aliphatic rings. The third kappa shape index (κ3) is 3.39. The fraction of sp³-hybridized carbons (Fsp3) is 0.533. The zero-order chi connectivity index (χ0) is 14.9. The number of aliphatic carboxylic acids is 1. The van der Waals surface area contributed by atoms with Crippen LogP contribution in [0.5, 0.6) is 0 Å². The second-order valence-electron chi connectivity index (χ2n) is 5.74. The van der Waals surface area contributed by atoms with Gasteiger partial charge in [0.25, 0.3) is 0 Å². The van der Waals surface area contributed by atoms with Gasteiger partial charge >= 0.3 is 5.97 Å². The molecule has 1 aromatic carbocycles. The van der Waals surface area contributed by atoms with Crippen LogP contribution in [-0.4, -0.2) is 31.0 Å². The van der Waals surface area contributed by atoms with Crippen LogP contribution >= 0.6 is 0 Å².